The van der Waals surface area contributed by atoms with Crippen LogP contribution in [0.3, 0.4) is 0 Å². The molecule has 0 bridgehead atoms. The molecule has 0 unspecified atom stereocenters. The Morgan fingerprint density at radius 3 is 2.70 bits per heavy atom. The van der Waals surface area contributed by atoms with Crippen LogP contribution in [0.15, 0.2) is 54.9 Å². The molecular weight excluding hydrogens is 416 g/mol. The lowest BCUT2D eigenvalue weighted by atomic mass is 10.1. The van der Waals surface area contributed by atoms with Crippen LogP contribution in [0.2, 0.25) is 0 Å². The molecule has 1 amide bonds. The highest BCUT2D eigenvalue weighted by molar-refractivity contribution is 5.99. The van der Waals surface area contributed by atoms with Crippen LogP contribution in [-0.2, 0) is 11.2 Å². The van der Waals surface area contributed by atoms with Crippen LogP contribution < -0.4 is 15.8 Å². The number of hydrogen-bond donors (Lipinski definition) is 2. The van der Waals surface area contributed by atoms with E-state index in [0.717, 1.165) is 40.7 Å². The molecule has 0 saturated heterocycles. The van der Waals surface area contributed by atoms with Crippen LogP contribution in [0.4, 0.5) is 11.5 Å². The van der Waals surface area contributed by atoms with Crippen molar-refractivity contribution >= 4 is 28.4 Å². The summed E-state index contributed by atoms with van der Waals surface area (Å²) in [6, 6.07) is 15.5. The van der Waals surface area contributed by atoms with E-state index in [1.54, 1.807) is 7.11 Å². The normalized spacial score (nSPS) is 14.0. The Hall–Kier alpha value is -3.94. The highest BCUT2D eigenvalue weighted by atomic mass is 16.5. The monoisotopic (exact) mass is 442 g/mol. The van der Waals surface area contributed by atoms with Crippen LogP contribution in [-0.4, -0.2) is 32.8 Å². The Kier molecular flexibility index (Phi) is 5.64. The maximum absolute atomic E-state index is 12.6. The lowest BCUT2D eigenvalue weighted by Gasteiger charge is -2.12. The Bertz CT molecular complexity index is 1300. The molecule has 4 aromatic rings. The van der Waals surface area contributed by atoms with E-state index in [1.807, 2.05) is 53.2 Å². The molecule has 0 aliphatic heterocycles. The number of nitrogens with zero attached hydrogens (tertiary/aromatic N) is 4. The van der Waals surface area contributed by atoms with E-state index in [0.29, 0.717) is 23.3 Å². The quantitative estimate of drug-likeness (QED) is 0.459. The van der Waals surface area contributed by atoms with Crippen molar-refractivity contribution in [1.29, 1.82) is 0 Å². The van der Waals surface area contributed by atoms with Gasteiger partial charge in [0.15, 0.2) is 5.65 Å². The molecule has 0 spiro atoms. The van der Waals surface area contributed by atoms with Crippen LogP contribution >= 0.6 is 0 Å². The molecule has 2 aromatic carbocycles. The summed E-state index contributed by atoms with van der Waals surface area (Å²) in [7, 11) is 1.58. The van der Waals surface area contributed by atoms with E-state index in [9.17, 15) is 4.79 Å². The molecule has 0 atom stereocenters. The number of carbonyl (C=O) groups is 1. The molecule has 1 saturated carbocycles. The minimum atomic E-state index is -0.110. The van der Waals surface area contributed by atoms with Crippen LogP contribution in [0.25, 0.3) is 22.3 Å². The molecule has 8 nitrogen and oxygen atoms in total. The SMILES string of the molecule is COc1cc(-c2nn(C3CCCC3)c3ncnc(N)c23)ccc1NC(=O)Cc1ccccc1. The highest BCUT2D eigenvalue weighted by Crippen LogP contribution is 2.38. The smallest absolute Gasteiger partial charge is 0.228 e. The van der Waals surface area contributed by atoms with Gasteiger partial charge in [0.1, 0.15) is 23.6 Å². The molecule has 8 heteroatoms. The fraction of sp³-hybridized carbons (Fsp3) is 0.280. The van der Waals surface area contributed by atoms with Crippen LogP contribution in [0.1, 0.15) is 37.3 Å². The minimum absolute atomic E-state index is 0.110. The standard InChI is InChI=1S/C25H26N6O2/c1-33-20-14-17(11-12-19(20)29-21(32)13-16-7-3-2-4-8-16)23-22-24(26)27-15-28-25(22)31(30-23)18-9-5-6-10-18/h2-4,7-8,11-12,14-15,18H,5-6,9-10,13H2,1H3,(H,29,32)(H2,26,27,28). The summed E-state index contributed by atoms with van der Waals surface area (Å²) in [5.41, 5.74) is 10.1. The predicted octanol–water partition coefficient (Wildman–Crippen LogP) is 4.38. The number of rotatable bonds is 6. The Morgan fingerprint density at radius 1 is 1.15 bits per heavy atom. The zero-order chi connectivity index (χ0) is 22.8. The first kappa shape index (κ1) is 20.9. The van der Waals surface area contributed by atoms with Gasteiger partial charge >= 0.3 is 0 Å². The molecule has 1 aliphatic carbocycles. The second-order valence-corrected chi connectivity index (χ2v) is 8.31. The first-order chi connectivity index (χ1) is 16.1. The summed E-state index contributed by atoms with van der Waals surface area (Å²) in [5.74, 6) is 0.840. The number of aromatic nitrogens is 4. The van der Waals surface area contributed by atoms with E-state index in [2.05, 4.69) is 15.3 Å². The molecule has 1 aliphatic rings. The summed E-state index contributed by atoms with van der Waals surface area (Å²) in [5, 5.41) is 8.61. The summed E-state index contributed by atoms with van der Waals surface area (Å²) >= 11 is 0. The zero-order valence-corrected chi connectivity index (χ0v) is 18.5. The molecular formula is C25H26N6O2. The number of amides is 1. The summed E-state index contributed by atoms with van der Waals surface area (Å²) in [6.45, 7) is 0. The van der Waals surface area contributed by atoms with Crippen LogP contribution in [0.5, 0.6) is 5.75 Å². The van der Waals surface area contributed by atoms with Gasteiger partial charge in [0.2, 0.25) is 5.91 Å². The average Bonchev–Trinajstić information content (AvgIpc) is 3.49. The Morgan fingerprint density at radius 2 is 1.94 bits per heavy atom. The number of nitrogens with two attached hydrogens (primary N) is 1. The van der Waals surface area contributed by atoms with Gasteiger partial charge in [-0.25, -0.2) is 14.6 Å². The minimum Gasteiger partial charge on any atom is -0.495 e. The van der Waals surface area contributed by atoms with E-state index in [4.69, 9.17) is 15.6 Å². The van der Waals surface area contributed by atoms with Gasteiger partial charge in [-0.2, -0.15) is 5.10 Å². The number of benzene rings is 2. The lowest BCUT2D eigenvalue weighted by molar-refractivity contribution is -0.115. The first-order valence-corrected chi connectivity index (χ1v) is 11.1. The zero-order valence-electron chi connectivity index (χ0n) is 18.5. The summed E-state index contributed by atoms with van der Waals surface area (Å²) in [6.07, 6.45) is 6.31. The van der Waals surface area contributed by atoms with Crippen molar-refractivity contribution in [1.82, 2.24) is 19.7 Å². The number of hydrogen-bond acceptors (Lipinski definition) is 6. The average molecular weight is 443 g/mol. The molecule has 5 rings (SSSR count). The van der Waals surface area contributed by atoms with Gasteiger partial charge in [-0.15, -0.1) is 0 Å². The lowest BCUT2D eigenvalue weighted by Crippen LogP contribution is -2.15. The fourth-order valence-corrected chi connectivity index (χ4v) is 4.52. The van der Waals surface area contributed by atoms with E-state index in [-0.39, 0.29) is 12.3 Å². The van der Waals surface area contributed by atoms with Crippen LogP contribution in [0, 0.1) is 0 Å². The summed E-state index contributed by atoms with van der Waals surface area (Å²) in [4.78, 5) is 21.3. The Labute approximate surface area is 191 Å². The first-order valence-electron chi connectivity index (χ1n) is 11.1. The third kappa shape index (κ3) is 4.11. The second-order valence-electron chi connectivity index (χ2n) is 8.31. The van der Waals surface area contributed by atoms with Gasteiger partial charge in [-0.1, -0.05) is 49.2 Å². The largest absolute Gasteiger partial charge is 0.495 e. The van der Waals surface area contributed by atoms with Crippen molar-refractivity contribution < 1.29 is 9.53 Å². The van der Waals surface area contributed by atoms with E-state index in [1.165, 1.54) is 19.2 Å². The molecule has 2 aromatic heterocycles. The molecule has 0 radical (unpaired) electrons. The molecule has 168 valence electrons. The van der Waals surface area contributed by atoms with Crippen molar-refractivity contribution in [2.75, 3.05) is 18.2 Å². The second kappa shape index (κ2) is 8.90. The van der Waals surface area contributed by atoms with Gasteiger partial charge in [-0.3, -0.25) is 4.79 Å². The highest BCUT2D eigenvalue weighted by Gasteiger charge is 2.25. The molecule has 33 heavy (non-hydrogen) atoms. The molecule has 1 fully saturated rings. The predicted molar refractivity (Wildman–Crippen MR) is 128 cm³/mol. The van der Waals surface area contributed by atoms with Crippen molar-refractivity contribution in [2.45, 2.75) is 38.1 Å². The van der Waals surface area contributed by atoms with E-state index >= 15 is 0 Å². The third-order valence-electron chi connectivity index (χ3n) is 6.15. The van der Waals surface area contributed by atoms with Gasteiger partial charge < -0.3 is 15.8 Å². The van der Waals surface area contributed by atoms with Gasteiger partial charge in [0.25, 0.3) is 0 Å². The molecule has 3 N–H and O–H groups in total. The Balaban J connectivity index is 1.48. The third-order valence-corrected chi connectivity index (χ3v) is 6.15. The maximum Gasteiger partial charge on any atom is 0.228 e. The number of methoxy groups -OCH3 is 1. The van der Waals surface area contributed by atoms with Gasteiger partial charge in [0, 0.05) is 5.56 Å². The maximum atomic E-state index is 12.6. The molecule has 2 heterocycles. The van der Waals surface area contributed by atoms with Gasteiger partial charge in [0.05, 0.1) is 30.6 Å². The van der Waals surface area contributed by atoms with E-state index < -0.39 is 0 Å². The van der Waals surface area contributed by atoms with Crippen molar-refractivity contribution in [3.05, 3.63) is 60.4 Å². The van der Waals surface area contributed by atoms with Crippen molar-refractivity contribution in [3.63, 3.8) is 0 Å². The van der Waals surface area contributed by atoms with Gasteiger partial charge in [-0.05, 0) is 30.5 Å². The van der Waals surface area contributed by atoms with Crippen molar-refractivity contribution in [2.24, 2.45) is 0 Å². The number of nitrogens with one attached hydrogen (secondary N) is 1. The number of fused-ring (bicyclic) bond motifs is 1. The summed E-state index contributed by atoms with van der Waals surface area (Å²) < 4.78 is 7.59. The number of nitrogen functional groups attached to an aromatic ring is 1. The topological polar surface area (TPSA) is 108 Å². The fourth-order valence-electron chi connectivity index (χ4n) is 4.52. The number of ether oxygens (including phenoxy) is 1. The van der Waals surface area contributed by atoms with Crippen molar-refractivity contribution in [3.8, 4) is 17.0 Å². The number of anilines is 2. The number of carbonyl (C=O) groups excluding carboxylic acids is 1.